The lowest BCUT2D eigenvalue weighted by Gasteiger charge is -2.33. The standard InChI is InChI=1S/C22H44N2O5/c1-7-9-10-11-14-28-20(27)22(5,8-2)17-21(3,4)19(26)29-16-18(25)15-24-13-12-23-6/h18,23-25H,7-17H2,1-6H3. The molecule has 0 bridgehead atoms. The van der Waals surface area contributed by atoms with Crippen molar-refractivity contribution >= 4 is 11.9 Å². The molecule has 0 amide bonds. The number of carbonyl (C=O) groups excluding carboxylic acids is 2. The molecule has 0 saturated carbocycles. The number of likely N-dealkylation sites (N-methyl/N-ethyl adjacent to an activating group) is 1. The Morgan fingerprint density at radius 2 is 1.69 bits per heavy atom. The van der Waals surface area contributed by atoms with Crippen LogP contribution in [-0.2, 0) is 19.1 Å². The summed E-state index contributed by atoms with van der Waals surface area (Å²) in [5.74, 6) is -0.673. The van der Waals surface area contributed by atoms with Gasteiger partial charge in [-0.3, -0.25) is 9.59 Å². The average molecular weight is 417 g/mol. The smallest absolute Gasteiger partial charge is 0.311 e. The Morgan fingerprint density at radius 3 is 2.28 bits per heavy atom. The van der Waals surface area contributed by atoms with E-state index in [1.165, 1.54) is 0 Å². The van der Waals surface area contributed by atoms with Crippen LogP contribution >= 0.6 is 0 Å². The van der Waals surface area contributed by atoms with E-state index in [4.69, 9.17) is 9.47 Å². The van der Waals surface area contributed by atoms with Gasteiger partial charge in [-0.15, -0.1) is 0 Å². The normalized spacial score (nSPS) is 14.9. The van der Waals surface area contributed by atoms with Crippen LogP contribution in [0.1, 0.15) is 73.1 Å². The zero-order valence-electron chi connectivity index (χ0n) is 19.4. The maximum absolute atomic E-state index is 12.6. The number of hydrogen-bond acceptors (Lipinski definition) is 7. The van der Waals surface area contributed by atoms with Gasteiger partial charge in [0.15, 0.2) is 0 Å². The number of ether oxygens (including phenoxy) is 2. The fraction of sp³-hybridized carbons (Fsp3) is 0.909. The van der Waals surface area contributed by atoms with Crippen molar-refractivity contribution in [3.8, 4) is 0 Å². The molecule has 3 N–H and O–H groups in total. The van der Waals surface area contributed by atoms with Gasteiger partial charge in [0.2, 0.25) is 0 Å². The van der Waals surface area contributed by atoms with Crippen molar-refractivity contribution in [3.05, 3.63) is 0 Å². The summed E-state index contributed by atoms with van der Waals surface area (Å²) in [5, 5.41) is 16.0. The maximum atomic E-state index is 12.6. The summed E-state index contributed by atoms with van der Waals surface area (Å²) in [4.78, 5) is 25.2. The van der Waals surface area contributed by atoms with Crippen LogP contribution in [0.2, 0.25) is 0 Å². The van der Waals surface area contributed by atoms with E-state index in [0.29, 0.717) is 26.0 Å². The van der Waals surface area contributed by atoms with Crippen molar-refractivity contribution in [2.24, 2.45) is 10.8 Å². The predicted molar refractivity (Wildman–Crippen MR) is 116 cm³/mol. The summed E-state index contributed by atoms with van der Waals surface area (Å²) in [6.45, 7) is 11.7. The minimum atomic E-state index is -0.856. The second kappa shape index (κ2) is 14.7. The summed E-state index contributed by atoms with van der Waals surface area (Å²) in [7, 11) is 1.86. The van der Waals surface area contributed by atoms with Gasteiger partial charge in [0, 0.05) is 19.6 Å². The Morgan fingerprint density at radius 1 is 1.00 bits per heavy atom. The molecule has 2 unspecified atom stereocenters. The number of unbranched alkanes of at least 4 members (excludes halogenated alkanes) is 3. The molecular formula is C22H44N2O5. The minimum absolute atomic E-state index is 0.0699. The number of aliphatic hydroxyl groups is 1. The van der Waals surface area contributed by atoms with Gasteiger partial charge in [0.25, 0.3) is 0 Å². The number of carbonyl (C=O) groups is 2. The van der Waals surface area contributed by atoms with Gasteiger partial charge in [-0.25, -0.2) is 0 Å². The molecule has 7 nitrogen and oxygen atoms in total. The van der Waals surface area contributed by atoms with E-state index in [9.17, 15) is 14.7 Å². The Kier molecular flexibility index (Phi) is 14.1. The van der Waals surface area contributed by atoms with Crippen LogP contribution in [0.4, 0.5) is 0 Å². The van der Waals surface area contributed by atoms with E-state index in [0.717, 1.165) is 38.8 Å². The minimum Gasteiger partial charge on any atom is -0.465 e. The van der Waals surface area contributed by atoms with Crippen LogP contribution in [-0.4, -0.2) is 63.0 Å². The van der Waals surface area contributed by atoms with E-state index in [-0.39, 0.29) is 12.6 Å². The van der Waals surface area contributed by atoms with Gasteiger partial charge in [0.05, 0.1) is 17.4 Å². The van der Waals surface area contributed by atoms with E-state index < -0.39 is 22.9 Å². The first-order valence-corrected chi connectivity index (χ1v) is 11.0. The highest BCUT2D eigenvalue weighted by Crippen LogP contribution is 2.38. The SMILES string of the molecule is CCCCCCOC(=O)C(C)(CC)CC(C)(C)C(=O)OCC(O)CNCCNC. The third-order valence-electron chi connectivity index (χ3n) is 5.23. The van der Waals surface area contributed by atoms with Crippen molar-refractivity contribution in [3.63, 3.8) is 0 Å². The lowest BCUT2D eigenvalue weighted by atomic mass is 9.72. The first-order chi connectivity index (χ1) is 13.6. The Bertz CT molecular complexity index is 470. The molecule has 0 fully saturated rings. The number of hydrogen-bond donors (Lipinski definition) is 3. The van der Waals surface area contributed by atoms with Crippen molar-refractivity contribution in [2.75, 3.05) is 39.9 Å². The van der Waals surface area contributed by atoms with Gasteiger partial charge in [-0.2, -0.15) is 0 Å². The number of aliphatic hydroxyl groups excluding tert-OH is 1. The second-order valence-corrected chi connectivity index (χ2v) is 8.73. The fourth-order valence-corrected chi connectivity index (χ4v) is 3.17. The number of nitrogens with one attached hydrogen (secondary N) is 2. The molecule has 0 aromatic heterocycles. The van der Waals surface area contributed by atoms with Gasteiger partial charge in [-0.05, 0) is 47.1 Å². The first-order valence-electron chi connectivity index (χ1n) is 11.0. The second-order valence-electron chi connectivity index (χ2n) is 8.73. The molecule has 0 spiro atoms. The molecule has 7 heteroatoms. The van der Waals surface area contributed by atoms with E-state index in [2.05, 4.69) is 17.6 Å². The number of rotatable bonds is 17. The summed E-state index contributed by atoms with van der Waals surface area (Å²) in [5.41, 5.74) is -1.61. The predicted octanol–water partition coefficient (Wildman–Crippen LogP) is 2.66. The Labute approximate surface area is 177 Å². The van der Waals surface area contributed by atoms with Crippen LogP contribution in [0, 0.1) is 10.8 Å². The van der Waals surface area contributed by atoms with Gasteiger partial charge < -0.3 is 25.2 Å². The highest BCUT2D eigenvalue weighted by molar-refractivity contribution is 5.80. The van der Waals surface area contributed by atoms with E-state index in [1.807, 2.05) is 20.9 Å². The van der Waals surface area contributed by atoms with E-state index in [1.54, 1.807) is 13.8 Å². The maximum Gasteiger partial charge on any atom is 0.311 e. The highest BCUT2D eigenvalue weighted by atomic mass is 16.5. The van der Waals surface area contributed by atoms with Gasteiger partial charge in [0.1, 0.15) is 12.7 Å². The molecule has 172 valence electrons. The molecule has 2 atom stereocenters. The Balaban J connectivity index is 4.55. The average Bonchev–Trinajstić information content (AvgIpc) is 2.68. The molecule has 0 aromatic carbocycles. The molecule has 0 aromatic rings. The summed E-state index contributed by atoms with van der Waals surface area (Å²) < 4.78 is 10.8. The molecule has 0 radical (unpaired) electrons. The molecule has 0 heterocycles. The molecular weight excluding hydrogens is 372 g/mol. The van der Waals surface area contributed by atoms with E-state index >= 15 is 0 Å². The van der Waals surface area contributed by atoms with Gasteiger partial charge >= 0.3 is 11.9 Å². The van der Waals surface area contributed by atoms with Crippen molar-refractivity contribution in [1.29, 1.82) is 0 Å². The molecule has 0 aliphatic heterocycles. The molecule has 0 rings (SSSR count). The quantitative estimate of drug-likeness (QED) is 0.248. The van der Waals surface area contributed by atoms with Crippen molar-refractivity contribution in [2.45, 2.75) is 79.2 Å². The molecule has 29 heavy (non-hydrogen) atoms. The van der Waals surface area contributed by atoms with Crippen molar-refractivity contribution in [1.82, 2.24) is 10.6 Å². The van der Waals surface area contributed by atoms with Crippen LogP contribution in [0.15, 0.2) is 0 Å². The third kappa shape index (κ3) is 11.6. The van der Waals surface area contributed by atoms with Crippen molar-refractivity contribution < 1.29 is 24.2 Å². The highest BCUT2D eigenvalue weighted by Gasteiger charge is 2.43. The zero-order chi connectivity index (χ0) is 22.3. The van der Waals surface area contributed by atoms with Crippen LogP contribution in [0.25, 0.3) is 0 Å². The van der Waals surface area contributed by atoms with Crippen LogP contribution < -0.4 is 10.6 Å². The van der Waals surface area contributed by atoms with Crippen LogP contribution in [0.5, 0.6) is 0 Å². The third-order valence-corrected chi connectivity index (χ3v) is 5.23. The fourth-order valence-electron chi connectivity index (χ4n) is 3.17. The van der Waals surface area contributed by atoms with Gasteiger partial charge in [-0.1, -0.05) is 33.1 Å². The molecule has 0 saturated heterocycles. The number of esters is 2. The summed E-state index contributed by atoms with van der Waals surface area (Å²) >= 11 is 0. The largest absolute Gasteiger partial charge is 0.465 e. The zero-order valence-corrected chi connectivity index (χ0v) is 19.4. The Hall–Kier alpha value is -1.18. The summed E-state index contributed by atoms with van der Waals surface area (Å²) in [6, 6.07) is 0. The van der Waals surface area contributed by atoms with Crippen LogP contribution in [0.3, 0.4) is 0 Å². The lowest BCUT2D eigenvalue weighted by molar-refractivity contribution is -0.164. The monoisotopic (exact) mass is 416 g/mol. The molecule has 0 aliphatic carbocycles. The lowest BCUT2D eigenvalue weighted by Crippen LogP contribution is -2.40. The first kappa shape index (κ1) is 27.8. The summed E-state index contributed by atoms with van der Waals surface area (Å²) in [6.07, 6.45) is 4.34. The molecule has 0 aliphatic rings. The topological polar surface area (TPSA) is 96.9 Å².